The first-order valence-corrected chi connectivity index (χ1v) is 4.34. The Hall–Kier alpha value is -0.890. The van der Waals surface area contributed by atoms with Crippen molar-refractivity contribution in [2.75, 3.05) is 0 Å². The smallest absolute Gasteiger partial charge is 0.0891 e. The predicted molar refractivity (Wildman–Crippen MR) is 48.8 cm³/mol. The molecule has 12 heavy (non-hydrogen) atoms. The molecule has 2 heteroatoms. The number of hydrogen-bond donors (Lipinski definition) is 0. The van der Waals surface area contributed by atoms with E-state index in [1.54, 1.807) is 6.20 Å². The van der Waals surface area contributed by atoms with Gasteiger partial charge in [-0.25, -0.2) is 0 Å². The van der Waals surface area contributed by atoms with Gasteiger partial charge in [-0.2, -0.15) is 0 Å². The van der Waals surface area contributed by atoms with Crippen molar-refractivity contribution in [2.45, 2.75) is 33.0 Å². The molecule has 0 radical (unpaired) electrons. The number of rotatable bonds is 4. The van der Waals surface area contributed by atoms with Crippen LogP contribution in [-0.2, 0) is 11.3 Å². The summed E-state index contributed by atoms with van der Waals surface area (Å²) in [6, 6.07) is 5.86. The summed E-state index contributed by atoms with van der Waals surface area (Å²) in [7, 11) is 0. The molecule has 66 valence electrons. The minimum Gasteiger partial charge on any atom is -0.372 e. The lowest BCUT2D eigenvalue weighted by molar-refractivity contribution is 0.0489. The molecule has 0 fully saturated rings. The highest BCUT2D eigenvalue weighted by molar-refractivity contribution is 5.01. The van der Waals surface area contributed by atoms with E-state index in [1.165, 1.54) is 0 Å². The number of pyridine rings is 1. The molecule has 1 atom stereocenters. The fourth-order valence-corrected chi connectivity index (χ4v) is 0.829. The molecule has 1 unspecified atom stereocenters. The largest absolute Gasteiger partial charge is 0.372 e. The molecule has 0 aliphatic rings. The Balaban J connectivity index is 2.33. The van der Waals surface area contributed by atoms with Gasteiger partial charge in [-0.1, -0.05) is 13.0 Å². The first kappa shape index (κ1) is 9.20. The van der Waals surface area contributed by atoms with Crippen molar-refractivity contribution < 1.29 is 4.74 Å². The highest BCUT2D eigenvalue weighted by Gasteiger charge is 1.98. The molecule has 0 saturated heterocycles. The fraction of sp³-hybridized carbons (Fsp3) is 0.500. The SMILES string of the molecule is CCC(C)OCc1ccccn1. The highest BCUT2D eigenvalue weighted by atomic mass is 16.5. The van der Waals surface area contributed by atoms with Crippen molar-refractivity contribution in [3.63, 3.8) is 0 Å². The summed E-state index contributed by atoms with van der Waals surface area (Å²) in [4.78, 5) is 4.16. The van der Waals surface area contributed by atoms with Gasteiger partial charge >= 0.3 is 0 Å². The Morgan fingerprint density at radius 3 is 2.92 bits per heavy atom. The van der Waals surface area contributed by atoms with Gasteiger partial charge in [0.25, 0.3) is 0 Å². The van der Waals surface area contributed by atoms with E-state index in [0.717, 1.165) is 12.1 Å². The number of nitrogens with zero attached hydrogens (tertiary/aromatic N) is 1. The van der Waals surface area contributed by atoms with E-state index in [-0.39, 0.29) is 0 Å². The Bertz CT molecular complexity index is 210. The second-order valence-electron chi connectivity index (χ2n) is 2.85. The molecule has 1 heterocycles. The van der Waals surface area contributed by atoms with Gasteiger partial charge in [-0.15, -0.1) is 0 Å². The van der Waals surface area contributed by atoms with Crippen LogP contribution in [-0.4, -0.2) is 11.1 Å². The first-order valence-electron chi connectivity index (χ1n) is 4.34. The van der Waals surface area contributed by atoms with E-state index in [9.17, 15) is 0 Å². The van der Waals surface area contributed by atoms with Crippen molar-refractivity contribution in [1.29, 1.82) is 0 Å². The highest BCUT2D eigenvalue weighted by Crippen LogP contribution is 2.01. The lowest BCUT2D eigenvalue weighted by Gasteiger charge is -2.09. The molecule has 0 amide bonds. The Morgan fingerprint density at radius 2 is 2.33 bits per heavy atom. The third-order valence-electron chi connectivity index (χ3n) is 1.82. The zero-order valence-corrected chi connectivity index (χ0v) is 7.66. The minimum absolute atomic E-state index is 0.326. The summed E-state index contributed by atoms with van der Waals surface area (Å²) in [5.74, 6) is 0. The van der Waals surface area contributed by atoms with Crippen LogP contribution in [0.4, 0.5) is 0 Å². The van der Waals surface area contributed by atoms with Gasteiger partial charge in [0.1, 0.15) is 0 Å². The zero-order chi connectivity index (χ0) is 8.81. The second kappa shape index (κ2) is 4.88. The van der Waals surface area contributed by atoms with Crippen molar-refractivity contribution in [2.24, 2.45) is 0 Å². The normalized spacial score (nSPS) is 12.8. The first-order chi connectivity index (χ1) is 5.83. The van der Waals surface area contributed by atoms with Crippen LogP contribution >= 0.6 is 0 Å². The van der Waals surface area contributed by atoms with Crippen molar-refractivity contribution >= 4 is 0 Å². The lowest BCUT2D eigenvalue weighted by Crippen LogP contribution is -2.06. The molecule has 0 aliphatic heterocycles. The van der Waals surface area contributed by atoms with Crippen LogP contribution in [0.2, 0.25) is 0 Å². The van der Waals surface area contributed by atoms with Crippen LogP contribution < -0.4 is 0 Å². The minimum atomic E-state index is 0.326. The van der Waals surface area contributed by atoms with Crippen molar-refractivity contribution in [3.05, 3.63) is 30.1 Å². The maximum absolute atomic E-state index is 5.51. The van der Waals surface area contributed by atoms with Crippen molar-refractivity contribution in [3.8, 4) is 0 Å². The van der Waals surface area contributed by atoms with E-state index in [2.05, 4.69) is 18.8 Å². The van der Waals surface area contributed by atoms with Crippen LogP contribution in [0.3, 0.4) is 0 Å². The topological polar surface area (TPSA) is 22.1 Å². The van der Waals surface area contributed by atoms with Crippen molar-refractivity contribution in [1.82, 2.24) is 4.98 Å². The molecule has 1 rings (SSSR count). The van der Waals surface area contributed by atoms with Gasteiger partial charge in [0.15, 0.2) is 0 Å². The summed E-state index contributed by atoms with van der Waals surface area (Å²) >= 11 is 0. The monoisotopic (exact) mass is 165 g/mol. The van der Waals surface area contributed by atoms with Gasteiger partial charge in [0, 0.05) is 6.20 Å². The van der Waals surface area contributed by atoms with Gasteiger partial charge in [-0.05, 0) is 25.5 Å². The quantitative estimate of drug-likeness (QED) is 0.683. The summed E-state index contributed by atoms with van der Waals surface area (Å²) in [5.41, 5.74) is 0.998. The molecule has 0 bridgehead atoms. The molecule has 0 saturated carbocycles. The summed E-state index contributed by atoms with van der Waals surface area (Å²) in [6.07, 6.45) is 3.16. The van der Waals surface area contributed by atoms with E-state index < -0.39 is 0 Å². The average molecular weight is 165 g/mol. The fourth-order valence-electron chi connectivity index (χ4n) is 0.829. The summed E-state index contributed by atoms with van der Waals surface area (Å²) < 4.78 is 5.51. The zero-order valence-electron chi connectivity index (χ0n) is 7.66. The van der Waals surface area contributed by atoms with Crippen LogP contribution in [0.5, 0.6) is 0 Å². The van der Waals surface area contributed by atoms with E-state index >= 15 is 0 Å². The number of ether oxygens (including phenoxy) is 1. The molecular weight excluding hydrogens is 150 g/mol. The second-order valence-corrected chi connectivity index (χ2v) is 2.85. The van der Waals surface area contributed by atoms with Gasteiger partial charge in [0.05, 0.1) is 18.4 Å². The maximum Gasteiger partial charge on any atom is 0.0891 e. The molecule has 1 aromatic rings. The number of aromatic nitrogens is 1. The van der Waals surface area contributed by atoms with Crippen LogP contribution in [0.15, 0.2) is 24.4 Å². The molecule has 0 aromatic carbocycles. The van der Waals surface area contributed by atoms with Gasteiger partial charge in [0.2, 0.25) is 0 Å². The van der Waals surface area contributed by atoms with E-state index in [1.807, 2.05) is 18.2 Å². The summed E-state index contributed by atoms with van der Waals surface area (Å²) in [5, 5.41) is 0. The Morgan fingerprint density at radius 1 is 1.50 bits per heavy atom. The standard InChI is InChI=1S/C10H15NO/c1-3-9(2)12-8-10-6-4-5-7-11-10/h4-7,9H,3,8H2,1-2H3. The molecule has 1 aromatic heterocycles. The molecule has 0 spiro atoms. The van der Waals surface area contributed by atoms with Crippen LogP contribution in [0, 0.1) is 0 Å². The van der Waals surface area contributed by atoms with Gasteiger partial charge < -0.3 is 4.74 Å². The third-order valence-corrected chi connectivity index (χ3v) is 1.82. The Labute approximate surface area is 73.6 Å². The molecular formula is C10H15NO. The number of hydrogen-bond acceptors (Lipinski definition) is 2. The van der Waals surface area contributed by atoms with Gasteiger partial charge in [-0.3, -0.25) is 4.98 Å². The van der Waals surface area contributed by atoms with Crippen LogP contribution in [0.25, 0.3) is 0 Å². The van der Waals surface area contributed by atoms with E-state index in [0.29, 0.717) is 12.7 Å². The van der Waals surface area contributed by atoms with Crippen LogP contribution in [0.1, 0.15) is 26.0 Å². The Kier molecular flexibility index (Phi) is 3.74. The third kappa shape index (κ3) is 3.01. The summed E-state index contributed by atoms with van der Waals surface area (Å²) in [6.45, 7) is 4.81. The maximum atomic E-state index is 5.51. The molecule has 0 aliphatic carbocycles. The van der Waals surface area contributed by atoms with E-state index in [4.69, 9.17) is 4.74 Å². The molecule has 2 nitrogen and oxygen atoms in total. The molecule has 0 N–H and O–H groups in total. The average Bonchev–Trinajstić information content (AvgIpc) is 2.16. The predicted octanol–water partition coefficient (Wildman–Crippen LogP) is 2.40. The lowest BCUT2D eigenvalue weighted by atomic mass is 10.3.